The van der Waals surface area contributed by atoms with Crippen LogP contribution in [0.4, 0.5) is 11.6 Å². The first kappa shape index (κ1) is 13.2. The van der Waals surface area contributed by atoms with Gasteiger partial charge in [0.1, 0.15) is 11.5 Å². The Morgan fingerprint density at radius 3 is 2.86 bits per heavy atom. The Kier molecular flexibility index (Phi) is 3.09. The normalized spacial score (nSPS) is 12.5. The van der Waals surface area contributed by atoms with E-state index in [0.717, 1.165) is 5.76 Å². The number of nitrogens with zero attached hydrogens (tertiary/aromatic N) is 3. The number of aromatic nitrogens is 2. The van der Waals surface area contributed by atoms with Gasteiger partial charge in [0.25, 0.3) is 0 Å². The number of aryl methyl sites for hydroxylation is 1. The topological polar surface area (TPSA) is 85.6 Å². The summed E-state index contributed by atoms with van der Waals surface area (Å²) in [6.07, 6.45) is 1.62. The largest absolute Gasteiger partial charge is 0.464 e. The number of hydrogen-bond donors (Lipinski definition) is 1. The standard InChI is InChI=1S/C14H14N4O3/c1-9-6-7-11(21-9)10(2)15-13-14(18(19)20)17-8-4-3-5-12(17)16-13/h3-8,10,15H,1-2H3. The first-order valence-electron chi connectivity index (χ1n) is 6.50. The van der Waals surface area contributed by atoms with E-state index in [2.05, 4.69) is 10.3 Å². The van der Waals surface area contributed by atoms with E-state index >= 15 is 0 Å². The fraction of sp³-hybridized carbons (Fsp3) is 0.214. The Balaban J connectivity index is 2.00. The fourth-order valence-corrected chi connectivity index (χ4v) is 2.22. The quantitative estimate of drug-likeness (QED) is 0.587. The van der Waals surface area contributed by atoms with Crippen molar-refractivity contribution in [3.8, 4) is 0 Å². The van der Waals surface area contributed by atoms with Gasteiger partial charge in [0.2, 0.25) is 11.5 Å². The summed E-state index contributed by atoms with van der Waals surface area (Å²) in [5, 5.41) is 14.3. The van der Waals surface area contributed by atoms with Crippen molar-refractivity contribution in [1.82, 2.24) is 9.38 Å². The van der Waals surface area contributed by atoms with E-state index in [1.54, 1.807) is 24.4 Å². The van der Waals surface area contributed by atoms with Crippen molar-refractivity contribution >= 4 is 17.3 Å². The van der Waals surface area contributed by atoms with Crippen LogP contribution in [0.3, 0.4) is 0 Å². The molecule has 0 aromatic carbocycles. The molecule has 7 nitrogen and oxygen atoms in total. The van der Waals surface area contributed by atoms with E-state index in [-0.39, 0.29) is 17.7 Å². The van der Waals surface area contributed by atoms with E-state index in [1.165, 1.54) is 4.40 Å². The molecule has 1 unspecified atom stereocenters. The van der Waals surface area contributed by atoms with Crippen molar-refractivity contribution in [2.45, 2.75) is 19.9 Å². The molecule has 0 saturated carbocycles. The summed E-state index contributed by atoms with van der Waals surface area (Å²) in [7, 11) is 0. The number of nitro groups is 1. The average Bonchev–Trinajstić information content (AvgIpc) is 3.01. The minimum Gasteiger partial charge on any atom is -0.464 e. The number of hydrogen-bond acceptors (Lipinski definition) is 5. The summed E-state index contributed by atoms with van der Waals surface area (Å²) in [5.41, 5.74) is 0.523. The molecule has 0 amide bonds. The highest BCUT2D eigenvalue weighted by Crippen LogP contribution is 2.29. The molecule has 108 valence electrons. The summed E-state index contributed by atoms with van der Waals surface area (Å²) >= 11 is 0. The summed E-state index contributed by atoms with van der Waals surface area (Å²) in [4.78, 5) is 15.1. The molecular weight excluding hydrogens is 272 g/mol. The van der Waals surface area contributed by atoms with Crippen molar-refractivity contribution in [3.05, 3.63) is 58.2 Å². The first-order chi connectivity index (χ1) is 10.1. The predicted molar refractivity (Wildman–Crippen MR) is 77.3 cm³/mol. The van der Waals surface area contributed by atoms with Crippen molar-refractivity contribution in [3.63, 3.8) is 0 Å². The second kappa shape index (κ2) is 4.93. The number of furan rings is 1. The monoisotopic (exact) mass is 286 g/mol. The lowest BCUT2D eigenvalue weighted by molar-refractivity contribution is -0.389. The molecule has 3 rings (SSSR count). The second-order valence-corrected chi connectivity index (χ2v) is 4.78. The predicted octanol–water partition coefficient (Wildman–Crippen LogP) is 3.32. The van der Waals surface area contributed by atoms with Crippen molar-refractivity contribution in [2.24, 2.45) is 0 Å². The zero-order valence-electron chi connectivity index (χ0n) is 11.6. The number of imidazole rings is 1. The number of nitrogens with one attached hydrogen (secondary N) is 1. The molecule has 0 saturated heterocycles. The molecule has 0 fully saturated rings. The van der Waals surface area contributed by atoms with Crippen LogP contribution >= 0.6 is 0 Å². The van der Waals surface area contributed by atoms with Crippen LogP contribution in [0, 0.1) is 17.0 Å². The Hall–Kier alpha value is -2.83. The van der Waals surface area contributed by atoms with Gasteiger partial charge in [-0.2, -0.15) is 9.38 Å². The van der Waals surface area contributed by atoms with Gasteiger partial charge in [-0.3, -0.25) is 0 Å². The molecule has 0 aliphatic rings. The van der Waals surface area contributed by atoms with Crippen LogP contribution in [0.5, 0.6) is 0 Å². The van der Waals surface area contributed by atoms with Crippen molar-refractivity contribution in [1.29, 1.82) is 0 Å². The third kappa shape index (κ3) is 2.33. The minimum atomic E-state index is -0.442. The zero-order valence-corrected chi connectivity index (χ0v) is 11.6. The van der Waals surface area contributed by atoms with Gasteiger partial charge < -0.3 is 19.8 Å². The Morgan fingerprint density at radius 1 is 1.38 bits per heavy atom. The molecule has 21 heavy (non-hydrogen) atoms. The molecule has 3 heterocycles. The average molecular weight is 286 g/mol. The van der Waals surface area contributed by atoms with Gasteiger partial charge in [0.15, 0.2) is 0 Å². The number of rotatable bonds is 4. The Morgan fingerprint density at radius 2 is 2.19 bits per heavy atom. The number of fused-ring (bicyclic) bond motifs is 1. The molecule has 0 aliphatic heterocycles. The SMILES string of the molecule is Cc1ccc(C(C)Nc2nc3ccccn3c2[N+](=O)[O-])o1. The van der Waals surface area contributed by atoms with Crippen LogP contribution in [0.25, 0.3) is 5.65 Å². The smallest absolute Gasteiger partial charge is 0.372 e. The third-order valence-electron chi connectivity index (χ3n) is 3.22. The van der Waals surface area contributed by atoms with E-state index in [4.69, 9.17) is 4.42 Å². The molecular formula is C14H14N4O3. The van der Waals surface area contributed by atoms with Crippen molar-refractivity contribution in [2.75, 3.05) is 5.32 Å². The van der Waals surface area contributed by atoms with Crippen LogP contribution in [-0.4, -0.2) is 14.3 Å². The molecule has 7 heteroatoms. The summed E-state index contributed by atoms with van der Waals surface area (Å²) in [6.45, 7) is 3.72. The van der Waals surface area contributed by atoms with Gasteiger partial charge in [-0.25, -0.2) is 0 Å². The maximum absolute atomic E-state index is 11.3. The summed E-state index contributed by atoms with van der Waals surface area (Å²) < 4.78 is 6.97. The van der Waals surface area contributed by atoms with Gasteiger partial charge in [-0.05, 0) is 37.0 Å². The molecule has 1 atom stereocenters. The van der Waals surface area contributed by atoms with Crippen LogP contribution in [0.1, 0.15) is 24.5 Å². The molecule has 0 bridgehead atoms. The van der Waals surface area contributed by atoms with Gasteiger partial charge in [-0.1, -0.05) is 6.07 Å². The van der Waals surface area contributed by atoms with Gasteiger partial charge in [0, 0.05) is 6.07 Å². The summed E-state index contributed by atoms with van der Waals surface area (Å²) in [6, 6.07) is 8.71. The van der Waals surface area contributed by atoms with Crippen LogP contribution in [-0.2, 0) is 0 Å². The zero-order chi connectivity index (χ0) is 15.0. The van der Waals surface area contributed by atoms with Crippen LogP contribution in [0.2, 0.25) is 0 Å². The lowest BCUT2D eigenvalue weighted by Crippen LogP contribution is -2.08. The molecule has 0 radical (unpaired) electrons. The van der Waals surface area contributed by atoms with Crippen molar-refractivity contribution < 1.29 is 9.34 Å². The first-order valence-corrected chi connectivity index (χ1v) is 6.50. The highest BCUT2D eigenvalue weighted by molar-refractivity contribution is 5.62. The van der Waals surface area contributed by atoms with E-state index < -0.39 is 4.92 Å². The van der Waals surface area contributed by atoms with Gasteiger partial charge in [0.05, 0.1) is 12.2 Å². The highest BCUT2D eigenvalue weighted by atomic mass is 16.6. The van der Waals surface area contributed by atoms with Gasteiger partial charge >= 0.3 is 5.82 Å². The molecule has 0 spiro atoms. The Labute approximate surface area is 120 Å². The maximum atomic E-state index is 11.3. The van der Waals surface area contributed by atoms with E-state index in [0.29, 0.717) is 11.4 Å². The highest BCUT2D eigenvalue weighted by Gasteiger charge is 2.24. The number of pyridine rings is 1. The Bertz CT molecular complexity index is 806. The van der Waals surface area contributed by atoms with E-state index in [1.807, 2.05) is 26.0 Å². The second-order valence-electron chi connectivity index (χ2n) is 4.78. The number of anilines is 1. The lowest BCUT2D eigenvalue weighted by atomic mass is 10.2. The summed E-state index contributed by atoms with van der Waals surface area (Å²) in [5.74, 6) is 1.65. The molecule has 0 aliphatic carbocycles. The van der Waals surface area contributed by atoms with Crippen LogP contribution in [0.15, 0.2) is 40.9 Å². The van der Waals surface area contributed by atoms with E-state index in [9.17, 15) is 10.1 Å². The molecule has 3 aromatic heterocycles. The minimum absolute atomic E-state index is 0.0827. The molecule has 3 aromatic rings. The lowest BCUT2D eigenvalue weighted by Gasteiger charge is -2.10. The van der Waals surface area contributed by atoms with Gasteiger partial charge in [-0.15, -0.1) is 0 Å². The fourth-order valence-electron chi connectivity index (χ4n) is 2.22. The maximum Gasteiger partial charge on any atom is 0.372 e. The molecule has 1 N–H and O–H groups in total. The van der Waals surface area contributed by atoms with Crippen LogP contribution < -0.4 is 5.32 Å². The third-order valence-corrected chi connectivity index (χ3v) is 3.22.